The summed E-state index contributed by atoms with van der Waals surface area (Å²) in [6, 6.07) is 12.9. The lowest BCUT2D eigenvalue weighted by Crippen LogP contribution is -2.41. The third-order valence-corrected chi connectivity index (χ3v) is 5.81. The molecule has 0 bridgehead atoms. The van der Waals surface area contributed by atoms with Gasteiger partial charge < -0.3 is 15.6 Å². The monoisotopic (exact) mass is 424 g/mol. The number of carbonyl (C=O) groups is 2. The van der Waals surface area contributed by atoms with Crippen LogP contribution in [0.1, 0.15) is 62.6 Å². The average molecular weight is 425 g/mol. The molecule has 31 heavy (non-hydrogen) atoms. The Hall–Kier alpha value is -3.02. The van der Waals surface area contributed by atoms with Gasteiger partial charge in [0.1, 0.15) is 11.5 Å². The second kappa shape index (κ2) is 9.41. The molecule has 1 aliphatic carbocycles. The van der Waals surface area contributed by atoms with Crippen LogP contribution in [0.4, 0.5) is 4.79 Å². The first-order chi connectivity index (χ1) is 14.6. The van der Waals surface area contributed by atoms with Crippen molar-refractivity contribution < 1.29 is 19.4 Å². The van der Waals surface area contributed by atoms with Gasteiger partial charge in [-0.25, -0.2) is 4.79 Å². The minimum absolute atomic E-state index is 0.00767. The minimum Gasteiger partial charge on any atom is -0.507 e. The summed E-state index contributed by atoms with van der Waals surface area (Å²) >= 11 is 0. The fourth-order valence-corrected chi connectivity index (χ4v) is 4.49. The van der Waals surface area contributed by atoms with E-state index >= 15 is 0 Å². The highest BCUT2D eigenvalue weighted by molar-refractivity contribution is 5.97. The molecule has 0 radical (unpaired) electrons. The van der Waals surface area contributed by atoms with Gasteiger partial charge >= 0.3 is 6.03 Å². The number of phenolic OH excluding ortho intramolecular Hbond substituents is 1. The molecule has 0 spiro atoms. The van der Waals surface area contributed by atoms with E-state index in [-0.39, 0.29) is 17.3 Å². The van der Waals surface area contributed by atoms with Crippen LogP contribution in [0.5, 0.6) is 11.5 Å². The molecule has 2 atom stereocenters. The lowest BCUT2D eigenvalue weighted by molar-refractivity contribution is -0.122. The average Bonchev–Trinajstić information content (AvgIpc) is 2.66. The number of nitrogens with two attached hydrogens (primary N) is 1. The van der Waals surface area contributed by atoms with Gasteiger partial charge in [0.15, 0.2) is 0 Å². The number of amides is 3. The number of urea groups is 1. The van der Waals surface area contributed by atoms with Crippen LogP contribution in [-0.2, 0) is 17.6 Å². The Morgan fingerprint density at radius 2 is 1.97 bits per heavy atom. The number of fused-ring (bicyclic) bond motifs is 1. The van der Waals surface area contributed by atoms with Crippen LogP contribution >= 0.6 is 0 Å². The molecule has 0 saturated heterocycles. The number of aryl methyl sites for hydroxylation is 1. The van der Waals surface area contributed by atoms with Crippen molar-refractivity contribution >= 4 is 11.9 Å². The first-order valence-electron chi connectivity index (χ1n) is 10.8. The molecule has 0 fully saturated rings. The normalized spacial score (nSPS) is 18.0. The summed E-state index contributed by atoms with van der Waals surface area (Å²) in [5, 5.41) is 12.9. The lowest BCUT2D eigenvalue weighted by atomic mass is 9.68. The van der Waals surface area contributed by atoms with Crippen molar-refractivity contribution in [1.29, 1.82) is 0 Å². The SMILES string of the molecule is CC(CCCc1ccccc1)Oc1cc(O)c2c(c1)CC(C)(C)CC2C(=O)NC(N)=O. The maximum atomic E-state index is 12.6. The van der Waals surface area contributed by atoms with Gasteiger partial charge in [0.05, 0.1) is 12.0 Å². The smallest absolute Gasteiger partial charge is 0.318 e. The first kappa shape index (κ1) is 22.7. The minimum atomic E-state index is -0.890. The molecule has 6 heteroatoms. The van der Waals surface area contributed by atoms with E-state index in [0.29, 0.717) is 24.2 Å². The number of carbonyl (C=O) groups excluding carboxylic acids is 2. The molecular weight excluding hydrogens is 392 g/mol. The Labute approximate surface area is 183 Å². The van der Waals surface area contributed by atoms with E-state index in [1.54, 1.807) is 6.07 Å². The van der Waals surface area contributed by atoms with Gasteiger partial charge in [-0.2, -0.15) is 0 Å². The maximum absolute atomic E-state index is 12.6. The van der Waals surface area contributed by atoms with Crippen molar-refractivity contribution in [3.63, 3.8) is 0 Å². The van der Waals surface area contributed by atoms with Crippen molar-refractivity contribution in [1.82, 2.24) is 5.32 Å². The quantitative estimate of drug-likeness (QED) is 0.612. The summed E-state index contributed by atoms with van der Waals surface area (Å²) in [4.78, 5) is 23.7. The summed E-state index contributed by atoms with van der Waals surface area (Å²) in [6.07, 6.45) is 4.10. The highest BCUT2D eigenvalue weighted by atomic mass is 16.5. The Morgan fingerprint density at radius 1 is 1.26 bits per heavy atom. The van der Waals surface area contributed by atoms with Gasteiger partial charge in [0.2, 0.25) is 5.91 Å². The van der Waals surface area contributed by atoms with Crippen molar-refractivity contribution in [2.45, 2.75) is 64.9 Å². The van der Waals surface area contributed by atoms with Crippen LogP contribution in [0, 0.1) is 5.41 Å². The Bertz CT molecular complexity index is 940. The molecule has 4 N–H and O–H groups in total. The van der Waals surface area contributed by atoms with E-state index < -0.39 is 17.9 Å². The molecular formula is C25H32N2O4. The molecule has 166 valence electrons. The molecule has 0 heterocycles. The Morgan fingerprint density at radius 3 is 2.65 bits per heavy atom. The van der Waals surface area contributed by atoms with E-state index in [1.165, 1.54) is 5.56 Å². The van der Waals surface area contributed by atoms with Gasteiger partial charge in [0, 0.05) is 11.6 Å². The summed E-state index contributed by atoms with van der Waals surface area (Å²) in [6.45, 7) is 6.16. The van der Waals surface area contributed by atoms with Crippen molar-refractivity contribution in [2.24, 2.45) is 11.1 Å². The number of benzene rings is 2. The van der Waals surface area contributed by atoms with Gasteiger partial charge in [0.25, 0.3) is 0 Å². The molecule has 3 amide bonds. The summed E-state index contributed by atoms with van der Waals surface area (Å²) in [5.74, 6) is -0.511. The molecule has 6 nitrogen and oxygen atoms in total. The van der Waals surface area contributed by atoms with Crippen molar-refractivity contribution in [2.75, 3.05) is 0 Å². The highest BCUT2D eigenvalue weighted by Gasteiger charge is 2.38. The molecule has 2 aromatic rings. The van der Waals surface area contributed by atoms with E-state index in [2.05, 4.69) is 31.3 Å². The van der Waals surface area contributed by atoms with Crippen LogP contribution in [0.15, 0.2) is 42.5 Å². The number of hydrogen-bond acceptors (Lipinski definition) is 4. The van der Waals surface area contributed by atoms with E-state index in [9.17, 15) is 14.7 Å². The number of rotatable bonds is 7. The van der Waals surface area contributed by atoms with E-state index in [4.69, 9.17) is 10.5 Å². The zero-order valence-corrected chi connectivity index (χ0v) is 18.5. The van der Waals surface area contributed by atoms with Crippen LogP contribution in [-0.4, -0.2) is 23.1 Å². The zero-order valence-electron chi connectivity index (χ0n) is 18.5. The summed E-state index contributed by atoms with van der Waals surface area (Å²) in [5.41, 5.74) is 7.70. The van der Waals surface area contributed by atoms with E-state index in [0.717, 1.165) is 24.8 Å². The third kappa shape index (κ3) is 6.00. The Kier molecular flexibility index (Phi) is 6.88. The van der Waals surface area contributed by atoms with E-state index in [1.807, 2.05) is 31.2 Å². The van der Waals surface area contributed by atoms with Crippen molar-refractivity contribution in [3.05, 3.63) is 59.2 Å². The lowest BCUT2D eigenvalue weighted by Gasteiger charge is -2.36. The van der Waals surface area contributed by atoms with Crippen LogP contribution in [0.2, 0.25) is 0 Å². The number of imide groups is 1. The predicted octanol–water partition coefficient (Wildman–Crippen LogP) is 4.43. The van der Waals surface area contributed by atoms with Gasteiger partial charge in [-0.1, -0.05) is 44.2 Å². The fraction of sp³-hybridized carbons (Fsp3) is 0.440. The van der Waals surface area contributed by atoms with Gasteiger partial charge in [-0.05, 0) is 61.6 Å². The largest absolute Gasteiger partial charge is 0.507 e. The number of ether oxygens (including phenoxy) is 1. The number of aromatic hydroxyl groups is 1. The molecule has 1 aliphatic rings. The number of hydrogen-bond donors (Lipinski definition) is 3. The zero-order chi connectivity index (χ0) is 22.6. The predicted molar refractivity (Wildman–Crippen MR) is 120 cm³/mol. The van der Waals surface area contributed by atoms with Gasteiger partial charge in [-0.3, -0.25) is 10.1 Å². The van der Waals surface area contributed by atoms with Crippen LogP contribution in [0.25, 0.3) is 0 Å². The number of primary amides is 1. The molecule has 3 rings (SSSR count). The standard InChI is InChI=1S/C25H32N2O4/c1-16(8-7-11-17-9-5-4-6-10-17)31-19-12-18-14-25(2,3)15-20(22(18)21(28)13-19)23(29)27-24(26)30/h4-6,9-10,12-13,16,20,28H,7-8,11,14-15H2,1-3H3,(H3,26,27,29,30). The Balaban J connectivity index is 1.71. The number of nitrogens with one attached hydrogen (secondary N) is 1. The maximum Gasteiger partial charge on any atom is 0.318 e. The molecule has 0 saturated carbocycles. The molecule has 2 aromatic carbocycles. The second-order valence-electron chi connectivity index (χ2n) is 9.27. The highest BCUT2D eigenvalue weighted by Crippen LogP contribution is 2.47. The fourth-order valence-electron chi connectivity index (χ4n) is 4.49. The summed E-state index contributed by atoms with van der Waals surface area (Å²) in [7, 11) is 0. The topological polar surface area (TPSA) is 102 Å². The second-order valence-corrected chi connectivity index (χ2v) is 9.27. The molecule has 2 unspecified atom stereocenters. The van der Waals surface area contributed by atoms with Crippen LogP contribution < -0.4 is 15.8 Å². The number of phenols is 1. The summed E-state index contributed by atoms with van der Waals surface area (Å²) < 4.78 is 6.09. The molecule has 0 aliphatic heterocycles. The van der Waals surface area contributed by atoms with Crippen LogP contribution in [0.3, 0.4) is 0 Å². The third-order valence-electron chi connectivity index (χ3n) is 5.81. The van der Waals surface area contributed by atoms with Crippen molar-refractivity contribution in [3.8, 4) is 11.5 Å². The van der Waals surface area contributed by atoms with Gasteiger partial charge in [-0.15, -0.1) is 0 Å². The molecule has 0 aromatic heterocycles. The first-order valence-corrected chi connectivity index (χ1v) is 10.8.